The van der Waals surface area contributed by atoms with Crippen molar-refractivity contribution in [3.63, 3.8) is 0 Å². The van der Waals surface area contributed by atoms with Gasteiger partial charge in [0.15, 0.2) is 5.78 Å². The van der Waals surface area contributed by atoms with Crippen LogP contribution in [-0.2, 0) is 13.0 Å². The summed E-state index contributed by atoms with van der Waals surface area (Å²) < 4.78 is 16.4. The van der Waals surface area contributed by atoms with Crippen molar-refractivity contribution in [2.24, 2.45) is 0 Å². The maximum absolute atomic E-state index is 13.6. The number of hydrogen-bond acceptors (Lipinski definition) is 1. The van der Waals surface area contributed by atoms with E-state index in [1.807, 2.05) is 17.6 Å². The third-order valence-electron chi connectivity index (χ3n) is 3.19. The van der Waals surface area contributed by atoms with Crippen LogP contribution >= 0.6 is 27.5 Å². The molecule has 0 saturated carbocycles. The van der Waals surface area contributed by atoms with Gasteiger partial charge in [-0.05, 0) is 53.5 Å². The summed E-state index contributed by atoms with van der Waals surface area (Å²) >= 11 is 9.35. The molecule has 0 bridgehead atoms. The number of ketones is 1. The Morgan fingerprint density at radius 3 is 2.75 bits per heavy atom. The van der Waals surface area contributed by atoms with Gasteiger partial charge in [0.05, 0.1) is 10.3 Å². The number of rotatable bonds is 5. The van der Waals surface area contributed by atoms with Crippen LogP contribution in [-0.4, -0.2) is 10.4 Å². The molecule has 2 aromatic rings. The average Bonchev–Trinajstić information content (AvgIpc) is 2.79. The summed E-state index contributed by atoms with van der Waals surface area (Å²) in [6.45, 7) is 2.67. The highest BCUT2D eigenvalue weighted by molar-refractivity contribution is 9.10. The van der Waals surface area contributed by atoms with Gasteiger partial charge in [0.1, 0.15) is 5.82 Å². The molecule has 2 nitrogen and oxygen atoms in total. The largest absolute Gasteiger partial charge is 0.333 e. The van der Waals surface area contributed by atoms with Crippen molar-refractivity contribution < 1.29 is 9.18 Å². The lowest BCUT2D eigenvalue weighted by Gasteiger charge is -2.08. The molecule has 1 heterocycles. The molecule has 20 heavy (non-hydrogen) atoms. The minimum atomic E-state index is -0.364. The molecule has 0 unspecified atom stereocenters. The Labute approximate surface area is 130 Å². The zero-order chi connectivity index (χ0) is 14.7. The molecule has 0 N–H and O–H groups in total. The minimum Gasteiger partial charge on any atom is -0.333 e. The second-order valence-corrected chi connectivity index (χ2v) is 5.63. The Balaban J connectivity index is 2.13. The maximum Gasteiger partial charge on any atom is 0.179 e. The van der Waals surface area contributed by atoms with Crippen molar-refractivity contribution in [1.82, 2.24) is 4.57 Å². The van der Waals surface area contributed by atoms with Gasteiger partial charge in [0, 0.05) is 23.6 Å². The van der Waals surface area contributed by atoms with E-state index in [4.69, 9.17) is 11.6 Å². The van der Waals surface area contributed by atoms with E-state index in [1.165, 1.54) is 6.07 Å². The van der Waals surface area contributed by atoms with Gasteiger partial charge < -0.3 is 4.57 Å². The molecule has 0 fully saturated rings. The minimum absolute atomic E-state index is 0.0168. The van der Waals surface area contributed by atoms with Crippen molar-refractivity contribution in [2.45, 2.75) is 26.3 Å². The maximum atomic E-state index is 13.6. The van der Waals surface area contributed by atoms with Gasteiger partial charge in [-0.1, -0.05) is 17.7 Å². The van der Waals surface area contributed by atoms with Gasteiger partial charge >= 0.3 is 0 Å². The molecule has 5 heteroatoms. The van der Waals surface area contributed by atoms with Crippen LogP contribution in [0.15, 0.2) is 34.9 Å². The number of nitrogens with zero attached hydrogens (tertiary/aromatic N) is 1. The quantitative estimate of drug-likeness (QED) is 0.698. The summed E-state index contributed by atoms with van der Waals surface area (Å²) in [5.41, 5.74) is 1.03. The van der Waals surface area contributed by atoms with E-state index in [1.54, 1.807) is 18.2 Å². The summed E-state index contributed by atoms with van der Waals surface area (Å²) in [6, 6.07) is 8.17. The highest BCUT2D eigenvalue weighted by atomic mass is 79.9. The number of benzene rings is 1. The van der Waals surface area contributed by atoms with E-state index in [0.717, 1.165) is 4.60 Å². The first kappa shape index (κ1) is 15.3. The Morgan fingerprint density at radius 2 is 2.10 bits per heavy atom. The first-order valence-corrected chi connectivity index (χ1v) is 7.52. The van der Waals surface area contributed by atoms with Crippen molar-refractivity contribution in [2.75, 3.05) is 0 Å². The molecule has 0 atom stereocenters. The molecule has 0 aliphatic heterocycles. The molecular formula is C15H14BrClFNO. The number of carbonyl (C=O) groups is 1. The smallest absolute Gasteiger partial charge is 0.179 e. The average molecular weight is 359 g/mol. The standard InChI is InChI=1S/C15H14BrClFNO/c1-2-19-13(7-9-15(19)16)14(20)8-6-10-11(17)4-3-5-12(10)18/h3-5,7,9H,2,6,8H2,1H3. The molecule has 0 spiro atoms. The molecule has 0 aliphatic carbocycles. The van der Waals surface area contributed by atoms with Crippen molar-refractivity contribution in [1.29, 1.82) is 0 Å². The SMILES string of the molecule is CCn1c(Br)ccc1C(=O)CCc1c(F)cccc1Cl. The first-order valence-electron chi connectivity index (χ1n) is 6.35. The van der Waals surface area contributed by atoms with E-state index in [-0.39, 0.29) is 18.0 Å². The van der Waals surface area contributed by atoms with E-state index in [9.17, 15) is 9.18 Å². The number of carbonyl (C=O) groups excluding carboxylic acids is 1. The van der Waals surface area contributed by atoms with E-state index in [0.29, 0.717) is 29.2 Å². The van der Waals surface area contributed by atoms with Gasteiger partial charge in [0.25, 0.3) is 0 Å². The number of Topliss-reactive ketones (excluding diaryl/α,β-unsaturated/α-hetero) is 1. The second kappa shape index (κ2) is 6.55. The monoisotopic (exact) mass is 357 g/mol. The highest BCUT2D eigenvalue weighted by Gasteiger charge is 2.15. The normalized spacial score (nSPS) is 10.8. The summed E-state index contributed by atoms with van der Waals surface area (Å²) in [6.07, 6.45) is 0.536. The molecular weight excluding hydrogens is 345 g/mol. The van der Waals surface area contributed by atoms with E-state index < -0.39 is 0 Å². The fourth-order valence-corrected chi connectivity index (χ4v) is 2.98. The topological polar surface area (TPSA) is 22.0 Å². The van der Waals surface area contributed by atoms with Crippen LogP contribution in [0.1, 0.15) is 29.4 Å². The Morgan fingerprint density at radius 1 is 1.35 bits per heavy atom. The van der Waals surface area contributed by atoms with Crippen LogP contribution in [0.25, 0.3) is 0 Å². The number of hydrogen-bond donors (Lipinski definition) is 0. The summed E-state index contributed by atoms with van der Waals surface area (Å²) in [5, 5.41) is 0.366. The van der Waals surface area contributed by atoms with Crippen LogP contribution in [0.4, 0.5) is 4.39 Å². The van der Waals surface area contributed by atoms with Gasteiger partial charge in [-0.25, -0.2) is 4.39 Å². The predicted octanol–water partition coefficient (Wildman–Crippen LogP) is 4.88. The van der Waals surface area contributed by atoms with Crippen molar-refractivity contribution in [3.05, 3.63) is 57.0 Å². The summed E-state index contributed by atoms with van der Waals surface area (Å²) in [4.78, 5) is 12.2. The molecule has 0 radical (unpaired) electrons. The van der Waals surface area contributed by atoms with Crippen LogP contribution in [0.2, 0.25) is 5.02 Å². The zero-order valence-corrected chi connectivity index (χ0v) is 13.3. The van der Waals surface area contributed by atoms with Crippen LogP contribution in [0.5, 0.6) is 0 Å². The lowest BCUT2D eigenvalue weighted by atomic mass is 10.1. The Hall–Kier alpha value is -1.13. The molecule has 2 rings (SSSR count). The number of aromatic nitrogens is 1. The van der Waals surface area contributed by atoms with Crippen LogP contribution in [0.3, 0.4) is 0 Å². The van der Waals surface area contributed by atoms with Gasteiger partial charge in [-0.3, -0.25) is 4.79 Å². The third-order valence-corrected chi connectivity index (χ3v) is 4.24. The Kier molecular flexibility index (Phi) is 5.00. The van der Waals surface area contributed by atoms with E-state index in [2.05, 4.69) is 15.9 Å². The van der Waals surface area contributed by atoms with Gasteiger partial charge in [-0.2, -0.15) is 0 Å². The predicted molar refractivity (Wildman–Crippen MR) is 81.9 cm³/mol. The van der Waals surface area contributed by atoms with Crippen LogP contribution in [0, 0.1) is 5.82 Å². The zero-order valence-electron chi connectivity index (χ0n) is 11.0. The first-order chi connectivity index (χ1) is 9.54. The lowest BCUT2D eigenvalue weighted by molar-refractivity contribution is 0.0973. The second-order valence-electron chi connectivity index (χ2n) is 4.41. The molecule has 0 amide bonds. The fourth-order valence-electron chi connectivity index (χ4n) is 2.15. The van der Waals surface area contributed by atoms with Crippen LogP contribution < -0.4 is 0 Å². The molecule has 106 valence electrons. The summed E-state index contributed by atoms with van der Waals surface area (Å²) in [7, 11) is 0. The number of halogens is 3. The molecule has 0 aliphatic rings. The molecule has 0 saturated heterocycles. The van der Waals surface area contributed by atoms with Gasteiger partial charge in [0.2, 0.25) is 0 Å². The fraction of sp³-hybridized carbons (Fsp3) is 0.267. The summed E-state index contributed by atoms with van der Waals surface area (Å²) in [5.74, 6) is -0.380. The molecule has 1 aromatic heterocycles. The van der Waals surface area contributed by atoms with E-state index >= 15 is 0 Å². The highest BCUT2D eigenvalue weighted by Crippen LogP contribution is 2.22. The van der Waals surface area contributed by atoms with Crippen molar-refractivity contribution in [3.8, 4) is 0 Å². The molecule has 1 aromatic carbocycles. The lowest BCUT2D eigenvalue weighted by Crippen LogP contribution is -2.09. The van der Waals surface area contributed by atoms with Gasteiger partial charge in [-0.15, -0.1) is 0 Å². The van der Waals surface area contributed by atoms with Crippen molar-refractivity contribution >= 4 is 33.3 Å². The third kappa shape index (κ3) is 3.13. The Bertz CT molecular complexity index is 619.